The number of aromatic nitrogens is 3. The summed E-state index contributed by atoms with van der Waals surface area (Å²) in [6.45, 7) is 2.99. The molecule has 4 heterocycles. The Kier molecular flexibility index (Phi) is 6.40. The Morgan fingerprint density at radius 3 is 2.68 bits per heavy atom. The number of methoxy groups -OCH3 is 2. The third-order valence-corrected chi connectivity index (χ3v) is 6.46. The molecule has 2 aliphatic heterocycles. The molecule has 34 heavy (non-hydrogen) atoms. The predicted molar refractivity (Wildman–Crippen MR) is 131 cm³/mol. The van der Waals surface area contributed by atoms with E-state index in [9.17, 15) is 4.79 Å². The van der Waals surface area contributed by atoms with Gasteiger partial charge in [0.2, 0.25) is 0 Å². The lowest BCUT2D eigenvalue weighted by molar-refractivity contribution is 0.241. The van der Waals surface area contributed by atoms with E-state index < -0.39 is 0 Å². The number of benzene rings is 1. The molecule has 176 valence electrons. The number of nitrogens with one attached hydrogen (secondary N) is 1. The Hall–Kier alpha value is -3.52. The Labute approximate surface area is 198 Å². The fraction of sp³-hybridized carbons (Fsp3) is 0.385. The van der Waals surface area contributed by atoms with Gasteiger partial charge in [0.05, 0.1) is 36.9 Å². The maximum absolute atomic E-state index is 12.8. The van der Waals surface area contributed by atoms with E-state index in [1.54, 1.807) is 14.2 Å². The molecule has 0 unspecified atom stereocenters. The summed E-state index contributed by atoms with van der Waals surface area (Å²) in [5, 5.41) is 0. The molecular formula is C26H29N5O3. The lowest BCUT2D eigenvalue weighted by Crippen LogP contribution is -2.36. The van der Waals surface area contributed by atoms with Gasteiger partial charge in [0, 0.05) is 44.4 Å². The first-order chi connectivity index (χ1) is 16.6. The summed E-state index contributed by atoms with van der Waals surface area (Å²) < 4.78 is 10.7. The zero-order chi connectivity index (χ0) is 23.5. The summed E-state index contributed by atoms with van der Waals surface area (Å²) in [7, 11) is 3.25. The first-order valence-corrected chi connectivity index (χ1v) is 11.7. The molecule has 0 aliphatic carbocycles. The van der Waals surface area contributed by atoms with Gasteiger partial charge in [0.15, 0.2) is 17.3 Å². The number of nitrogens with zero attached hydrogens (tertiary/aromatic N) is 4. The van der Waals surface area contributed by atoms with E-state index in [-0.39, 0.29) is 5.56 Å². The van der Waals surface area contributed by atoms with Crippen LogP contribution in [-0.4, -0.2) is 52.9 Å². The Bertz CT molecular complexity index is 1270. The number of H-pyrrole nitrogens is 1. The molecule has 0 saturated carbocycles. The molecule has 0 fully saturated rings. The minimum Gasteiger partial charge on any atom is -0.493 e. The number of hydrogen-bond donors (Lipinski definition) is 1. The van der Waals surface area contributed by atoms with Gasteiger partial charge in [-0.05, 0) is 49.1 Å². The standard InChI is InChI=1S/C26H29N5O3/c1-33-23-9-7-18(13-24(23)34-2)20-8-6-17(14-28-20)15-31-12-10-21-19(16-31)26(32)30-25(29-21)22-5-3-4-11-27-22/h6-9,13-14H,3-5,10-12,15-16H2,1-2H3,(H,29,30,32). The molecule has 1 N–H and O–H groups in total. The van der Waals surface area contributed by atoms with Gasteiger partial charge in [-0.2, -0.15) is 0 Å². The number of aliphatic imine (C=N–C) groups is 1. The van der Waals surface area contributed by atoms with Crippen LogP contribution in [0.2, 0.25) is 0 Å². The topological polar surface area (TPSA) is 92.7 Å². The second-order valence-corrected chi connectivity index (χ2v) is 8.71. The van der Waals surface area contributed by atoms with Gasteiger partial charge >= 0.3 is 0 Å². The number of aromatic amines is 1. The van der Waals surface area contributed by atoms with Crippen LogP contribution in [-0.2, 0) is 19.5 Å². The monoisotopic (exact) mass is 459 g/mol. The van der Waals surface area contributed by atoms with Crippen molar-refractivity contribution < 1.29 is 9.47 Å². The van der Waals surface area contributed by atoms with E-state index >= 15 is 0 Å². The van der Waals surface area contributed by atoms with Crippen LogP contribution in [0.4, 0.5) is 0 Å². The first kappa shape index (κ1) is 22.3. The van der Waals surface area contributed by atoms with Crippen molar-refractivity contribution in [3.8, 4) is 22.8 Å². The zero-order valence-corrected chi connectivity index (χ0v) is 19.6. The lowest BCUT2D eigenvalue weighted by Gasteiger charge is -2.27. The Morgan fingerprint density at radius 2 is 1.94 bits per heavy atom. The van der Waals surface area contributed by atoms with Crippen LogP contribution >= 0.6 is 0 Å². The lowest BCUT2D eigenvalue weighted by atomic mass is 10.0. The summed E-state index contributed by atoms with van der Waals surface area (Å²) in [5.41, 5.74) is 5.51. The number of pyridine rings is 1. The maximum atomic E-state index is 12.8. The van der Waals surface area contributed by atoms with Crippen LogP contribution in [0.1, 0.15) is 41.9 Å². The summed E-state index contributed by atoms with van der Waals surface area (Å²) in [6, 6.07) is 9.88. The molecule has 1 aromatic carbocycles. The Morgan fingerprint density at radius 1 is 1.06 bits per heavy atom. The van der Waals surface area contributed by atoms with Crippen molar-refractivity contribution in [2.24, 2.45) is 4.99 Å². The number of rotatable bonds is 6. The predicted octanol–water partition coefficient (Wildman–Crippen LogP) is 3.38. The van der Waals surface area contributed by atoms with Crippen molar-refractivity contribution in [1.29, 1.82) is 0 Å². The highest BCUT2D eigenvalue weighted by Crippen LogP contribution is 2.31. The van der Waals surface area contributed by atoms with Gasteiger partial charge in [-0.1, -0.05) is 6.07 Å². The van der Waals surface area contributed by atoms with E-state index in [0.29, 0.717) is 23.9 Å². The van der Waals surface area contributed by atoms with Gasteiger partial charge in [-0.15, -0.1) is 0 Å². The smallest absolute Gasteiger partial charge is 0.255 e. The average molecular weight is 460 g/mol. The molecular weight excluding hydrogens is 430 g/mol. The number of fused-ring (bicyclic) bond motifs is 1. The third-order valence-electron chi connectivity index (χ3n) is 6.46. The molecule has 8 nitrogen and oxygen atoms in total. The highest BCUT2D eigenvalue weighted by Gasteiger charge is 2.23. The molecule has 0 bridgehead atoms. The molecule has 5 rings (SSSR count). The molecule has 0 atom stereocenters. The van der Waals surface area contributed by atoms with Crippen LogP contribution in [0.25, 0.3) is 11.3 Å². The number of ether oxygens (including phenoxy) is 2. The highest BCUT2D eigenvalue weighted by molar-refractivity contribution is 5.97. The minimum atomic E-state index is -0.0418. The van der Waals surface area contributed by atoms with Crippen molar-refractivity contribution in [3.05, 3.63) is 69.5 Å². The summed E-state index contributed by atoms with van der Waals surface area (Å²) in [4.78, 5) is 32.0. The molecule has 2 aromatic heterocycles. The quantitative estimate of drug-likeness (QED) is 0.608. The largest absolute Gasteiger partial charge is 0.493 e. The minimum absolute atomic E-state index is 0.0418. The fourth-order valence-electron chi connectivity index (χ4n) is 4.59. The molecule has 2 aliphatic rings. The van der Waals surface area contributed by atoms with Crippen molar-refractivity contribution in [2.45, 2.75) is 38.8 Å². The number of hydrogen-bond acceptors (Lipinski definition) is 7. The van der Waals surface area contributed by atoms with Crippen molar-refractivity contribution in [2.75, 3.05) is 27.3 Å². The highest BCUT2D eigenvalue weighted by atomic mass is 16.5. The van der Waals surface area contributed by atoms with Gasteiger partial charge in [0.1, 0.15) is 0 Å². The molecule has 8 heteroatoms. The van der Waals surface area contributed by atoms with Crippen LogP contribution in [0.15, 0.2) is 46.3 Å². The van der Waals surface area contributed by atoms with E-state index in [0.717, 1.165) is 79.1 Å². The van der Waals surface area contributed by atoms with Gasteiger partial charge < -0.3 is 14.5 Å². The summed E-state index contributed by atoms with van der Waals surface area (Å²) >= 11 is 0. The SMILES string of the molecule is COc1ccc(-c2ccc(CN3CCc4nc(C5=NCCCC5)[nH]c(=O)c4C3)cn2)cc1OC. The van der Waals surface area contributed by atoms with Gasteiger partial charge in [-0.25, -0.2) is 4.98 Å². The van der Waals surface area contributed by atoms with Crippen LogP contribution in [0.3, 0.4) is 0 Å². The molecule has 0 radical (unpaired) electrons. The van der Waals surface area contributed by atoms with Crippen molar-refractivity contribution in [3.63, 3.8) is 0 Å². The van der Waals surface area contributed by atoms with Crippen LogP contribution < -0.4 is 15.0 Å². The average Bonchev–Trinajstić information content (AvgIpc) is 2.89. The van der Waals surface area contributed by atoms with E-state index in [4.69, 9.17) is 14.5 Å². The third kappa shape index (κ3) is 4.59. The Balaban J connectivity index is 1.28. The molecule has 0 amide bonds. The fourth-order valence-corrected chi connectivity index (χ4v) is 4.59. The maximum Gasteiger partial charge on any atom is 0.255 e. The second-order valence-electron chi connectivity index (χ2n) is 8.71. The van der Waals surface area contributed by atoms with Gasteiger partial charge in [-0.3, -0.25) is 19.7 Å². The van der Waals surface area contributed by atoms with Crippen LogP contribution in [0, 0.1) is 0 Å². The zero-order valence-electron chi connectivity index (χ0n) is 19.6. The van der Waals surface area contributed by atoms with E-state index in [2.05, 4.69) is 25.9 Å². The summed E-state index contributed by atoms with van der Waals surface area (Å²) in [6.07, 6.45) is 5.76. The molecule has 0 spiro atoms. The van der Waals surface area contributed by atoms with E-state index in [1.807, 2.05) is 30.5 Å². The first-order valence-electron chi connectivity index (χ1n) is 11.7. The second kappa shape index (κ2) is 9.77. The summed E-state index contributed by atoms with van der Waals surface area (Å²) in [5.74, 6) is 2.03. The van der Waals surface area contributed by atoms with E-state index in [1.165, 1.54) is 0 Å². The van der Waals surface area contributed by atoms with Crippen LogP contribution in [0.5, 0.6) is 11.5 Å². The normalized spacial score (nSPS) is 16.0. The molecule has 0 saturated heterocycles. The van der Waals surface area contributed by atoms with Gasteiger partial charge in [0.25, 0.3) is 5.56 Å². The van der Waals surface area contributed by atoms with Crippen molar-refractivity contribution in [1.82, 2.24) is 19.9 Å². The van der Waals surface area contributed by atoms with Crippen molar-refractivity contribution >= 4 is 5.71 Å². The molecule has 3 aromatic rings.